The van der Waals surface area contributed by atoms with Crippen LogP contribution in [0.5, 0.6) is 5.75 Å². The highest BCUT2D eigenvalue weighted by molar-refractivity contribution is 5.44. The Morgan fingerprint density at radius 2 is 2.21 bits per heavy atom. The van der Waals surface area contributed by atoms with Crippen molar-refractivity contribution in [2.75, 3.05) is 6.54 Å². The molecule has 1 aliphatic heterocycles. The number of nitrogens with zero attached hydrogens (tertiary/aromatic N) is 3. The molecule has 1 aromatic heterocycles. The van der Waals surface area contributed by atoms with Crippen molar-refractivity contribution in [2.45, 2.75) is 32.0 Å². The fraction of sp³-hybridized carbons (Fsp3) is 0.400. The molecular formula is C15H17N3O. The summed E-state index contributed by atoms with van der Waals surface area (Å²) in [6.45, 7) is 2.98. The molecule has 4 rings (SSSR count). The molecule has 1 atom stereocenters. The zero-order valence-corrected chi connectivity index (χ0v) is 10.8. The van der Waals surface area contributed by atoms with E-state index in [0.717, 1.165) is 43.9 Å². The van der Waals surface area contributed by atoms with Gasteiger partial charge in [0.05, 0.1) is 6.54 Å². The maximum atomic E-state index is 9.94. The average Bonchev–Trinajstić information content (AvgIpc) is 3.04. The maximum Gasteiger partial charge on any atom is 0.122 e. The number of aromatic hydroxyl groups is 1. The minimum absolute atomic E-state index is 0.438. The molecule has 2 heterocycles. The Balaban J connectivity index is 1.65. The van der Waals surface area contributed by atoms with Gasteiger partial charge in [0, 0.05) is 31.5 Å². The molecule has 0 fully saturated rings. The number of phenolic OH excluding ortho intramolecular Hbond substituents is 1. The number of phenols is 1. The first-order valence-electron chi connectivity index (χ1n) is 6.88. The quantitative estimate of drug-likeness (QED) is 0.848. The minimum atomic E-state index is 0.438. The lowest BCUT2D eigenvalue weighted by Crippen LogP contribution is -2.35. The van der Waals surface area contributed by atoms with Crippen LogP contribution in [0.4, 0.5) is 0 Å². The highest BCUT2D eigenvalue weighted by atomic mass is 16.3. The first kappa shape index (κ1) is 11.1. The number of hydrogen-bond acceptors (Lipinski definition) is 3. The van der Waals surface area contributed by atoms with Gasteiger partial charge in [0.1, 0.15) is 11.6 Å². The zero-order valence-electron chi connectivity index (χ0n) is 10.8. The molecule has 1 aliphatic carbocycles. The second kappa shape index (κ2) is 4.10. The SMILES string of the molecule is Oc1cccc2c1CCC2N1CCn2ccnc2C1. The van der Waals surface area contributed by atoms with Crippen molar-refractivity contribution < 1.29 is 5.11 Å². The lowest BCUT2D eigenvalue weighted by molar-refractivity contribution is 0.152. The first-order chi connectivity index (χ1) is 9.33. The van der Waals surface area contributed by atoms with Gasteiger partial charge in [-0.25, -0.2) is 4.98 Å². The third-order valence-corrected chi connectivity index (χ3v) is 4.43. The van der Waals surface area contributed by atoms with Gasteiger partial charge in [-0.1, -0.05) is 12.1 Å². The molecule has 0 amide bonds. The average molecular weight is 255 g/mol. The van der Waals surface area contributed by atoms with E-state index >= 15 is 0 Å². The Hall–Kier alpha value is -1.81. The summed E-state index contributed by atoms with van der Waals surface area (Å²) in [5.41, 5.74) is 2.45. The maximum absolute atomic E-state index is 9.94. The predicted octanol–water partition coefficient (Wildman–Crippen LogP) is 2.09. The summed E-state index contributed by atoms with van der Waals surface area (Å²) < 4.78 is 2.23. The molecule has 4 nitrogen and oxygen atoms in total. The van der Waals surface area contributed by atoms with Gasteiger partial charge >= 0.3 is 0 Å². The third-order valence-electron chi connectivity index (χ3n) is 4.43. The molecule has 2 aliphatic rings. The topological polar surface area (TPSA) is 41.3 Å². The van der Waals surface area contributed by atoms with Crippen molar-refractivity contribution in [3.05, 3.63) is 47.5 Å². The van der Waals surface area contributed by atoms with E-state index in [1.165, 1.54) is 5.56 Å². The van der Waals surface area contributed by atoms with Gasteiger partial charge in [0.15, 0.2) is 0 Å². The smallest absolute Gasteiger partial charge is 0.122 e. The molecule has 1 unspecified atom stereocenters. The summed E-state index contributed by atoms with van der Waals surface area (Å²) in [7, 11) is 0. The molecule has 2 aromatic rings. The molecule has 1 aromatic carbocycles. The Morgan fingerprint density at radius 3 is 3.16 bits per heavy atom. The van der Waals surface area contributed by atoms with Crippen molar-refractivity contribution >= 4 is 0 Å². The molecular weight excluding hydrogens is 238 g/mol. The number of benzene rings is 1. The van der Waals surface area contributed by atoms with Gasteiger partial charge in [-0.2, -0.15) is 0 Å². The zero-order chi connectivity index (χ0) is 12.8. The molecule has 19 heavy (non-hydrogen) atoms. The predicted molar refractivity (Wildman–Crippen MR) is 71.8 cm³/mol. The fourth-order valence-corrected chi connectivity index (χ4v) is 3.45. The fourth-order valence-electron chi connectivity index (χ4n) is 3.45. The lowest BCUT2D eigenvalue weighted by atomic mass is 10.1. The standard InChI is InChI=1S/C15H17N3O/c19-14-3-1-2-11-12(14)4-5-13(11)18-9-8-17-7-6-16-15(17)10-18/h1-3,6-7,13,19H,4-5,8-10H2. The number of imidazole rings is 1. The Morgan fingerprint density at radius 1 is 1.26 bits per heavy atom. The molecule has 98 valence electrons. The third kappa shape index (κ3) is 1.67. The molecule has 0 saturated heterocycles. The molecule has 0 spiro atoms. The van der Waals surface area contributed by atoms with Crippen LogP contribution in [0.15, 0.2) is 30.6 Å². The van der Waals surface area contributed by atoms with Crippen molar-refractivity contribution in [3.8, 4) is 5.75 Å². The number of fused-ring (bicyclic) bond motifs is 2. The second-order valence-electron chi connectivity index (χ2n) is 5.41. The van der Waals surface area contributed by atoms with Crippen LogP contribution in [0.25, 0.3) is 0 Å². The summed E-state index contributed by atoms with van der Waals surface area (Å²) in [6.07, 6.45) is 6.03. The van der Waals surface area contributed by atoms with Gasteiger partial charge in [0.2, 0.25) is 0 Å². The van der Waals surface area contributed by atoms with Gasteiger partial charge in [0.25, 0.3) is 0 Å². The van der Waals surface area contributed by atoms with Crippen LogP contribution in [0.3, 0.4) is 0 Å². The molecule has 4 heteroatoms. The summed E-state index contributed by atoms with van der Waals surface area (Å²) in [4.78, 5) is 6.92. The van der Waals surface area contributed by atoms with Crippen LogP contribution >= 0.6 is 0 Å². The summed E-state index contributed by atoms with van der Waals surface area (Å²) in [5.74, 6) is 1.61. The number of rotatable bonds is 1. The van der Waals surface area contributed by atoms with E-state index in [-0.39, 0.29) is 0 Å². The van der Waals surface area contributed by atoms with E-state index in [4.69, 9.17) is 0 Å². The van der Waals surface area contributed by atoms with E-state index in [2.05, 4.69) is 26.7 Å². The first-order valence-corrected chi connectivity index (χ1v) is 6.88. The molecule has 0 saturated carbocycles. The van der Waals surface area contributed by atoms with E-state index in [0.29, 0.717) is 11.8 Å². The highest BCUT2D eigenvalue weighted by Crippen LogP contribution is 2.40. The monoisotopic (exact) mass is 255 g/mol. The van der Waals surface area contributed by atoms with Gasteiger partial charge < -0.3 is 9.67 Å². The Kier molecular flexibility index (Phi) is 2.38. The second-order valence-corrected chi connectivity index (χ2v) is 5.41. The normalized spacial score (nSPS) is 22.2. The van der Waals surface area contributed by atoms with Crippen LogP contribution in [0.1, 0.15) is 29.4 Å². The van der Waals surface area contributed by atoms with Gasteiger partial charge in [-0.3, -0.25) is 4.90 Å². The number of aromatic nitrogens is 2. The van der Waals surface area contributed by atoms with Gasteiger partial charge in [-0.15, -0.1) is 0 Å². The van der Waals surface area contributed by atoms with Crippen molar-refractivity contribution in [3.63, 3.8) is 0 Å². The highest BCUT2D eigenvalue weighted by Gasteiger charge is 2.31. The van der Waals surface area contributed by atoms with Crippen LogP contribution in [0, 0.1) is 0 Å². The van der Waals surface area contributed by atoms with E-state index in [1.807, 2.05) is 12.3 Å². The summed E-state index contributed by atoms with van der Waals surface area (Å²) in [5, 5.41) is 9.94. The molecule has 1 N–H and O–H groups in total. The van der Waals surface area contributed by atoms with Crippen LogP contribution < -0.4 is 0 Å². The van der Waals surface area contributed by atoms with Crippen molar-refractivity contribution in [2.24, 2.45) is 0 Å². The van der Waals surface area contributed by atoms with Crippen molar-refractivity contribution in [1.82, 2.24) is 14.5 Å². The summed E-state index contributed by atoms with van der Waals surface area (Å²) in [6, 6.07) is 6.35. The van der Waals surface area contributed by atoms with E-state index in [1.54, 1.807) is 6.07 Å². The van der Waals surface area contributed by atoms with Gasteiger partial charge in [-0.05, 0) is 30.0 Å². The lowest BCUT2D eigenvalue weighted by Gasteiger charge is -2.33. The largest absolute Gasteiger partial charge is 0.508 e. The Labute approximate surface area is 112 Å². The van der Waals surface area contributed by atoms with Crippen LogP contribution in [-0.4, -0.2) is 26.1 Å². The van der Waals surface area contributed by atoms with E-state index in [9.17, 15) is 5.11 Å². The minimum Gasteiger partial charge on any atom is -0.508 e. The number of hydrogen-bond donors (Lipinski definition) is 1. The van der Waals surface area contributed by atoms with Crippen LogP contribution in [0.2, 0.25) is 0 Å². The molecule has 0 bridgehead atoms. The summed E-state index contributed by atoms with van der Waals surface area (Å²) >= 11 is 0. The Bertz CT molecular complexity index is 620. The van der Waals surface area contributed by atoms with Crippen molar-refractivity contribution in [1.29, 1.82) is 0 Å². The molecule has 0 radical (unpaired) electrons. The van der Waals surface area contributed by atoms with Crippen LogP contribution in [-0.2, 0) is 19.5 Å². The van der Waals surface area contributed by atoms with E-state index < -0.39 is 0 Å².